The molecule has 22 rings (SSSR count). The van der Waals surface area contributed by atoms with E-state index in [1.807, 2.05) is 216 Å². The van der Waals surface area contributed by atoms with Crippen molar-refractivity contribution in [2.45, 2.75) is 26.2 Å². The van der Waals surface area contributed by atoms with Crippen molar-refractivity contribution >= 4 is 124 Å². The largest absolute Gasteiger partial charge is 0.459 e. The van der Waals surface area contributed by atoms with Crippen molar-refractivity contribution in [2.24, 2.45) is 0 Å². The Kier molecular flexibility index (Phi) is 8.99. The van der Waals surface area contributed by atoms with Crippen molar-refractivity contribution in [2.75, 3.05) is 9.80 Å². The van der Waals surface area contributed by atoms with Gasteiger partial charge in [-0.15, -0.1) is 0 Å². The molecule has 7 heterocycles. The maximum Gasteiger partial charge on any atom is 0.266 e. The number of fused-ring (bicyclic) bond motifs is 12. The topological polar surface area (TPSA) is 34.8 Å². The van der Waals surface area contributed by atoms with Gasteiger partial charge in [0.2, 0.25) is 0 Å². The average Bonchev–Trinajstić information content (AvgIpc) is 1.62. The van der Waals surface area contributed by atoms with Gasteiger partial charge in [0.1, 0.15) is 23.0 Å². The van der Waals surface area contributed by atoms with E-state index in [-0.39, 0.29) is 107 Å². The maximum atomic E-state index is 12.3. The summed E-state index contributed by atoms with van der Waals surface area (Å²) in [5, 5.41) is 1.83. The Morgan fingerprint density at radius 3 is 1.43 bits per heavy atom. The lowest BCUT2D eigenvalue weighted by atomic mass is 9.29. The Morgan fingerprint density at radius 2 is 0.853 bits per heavy atom. The lowest BCUT2D eigenvalue weighted by Gasteiger charge is -2.48. The molecule has 0 fully saturated rings. The Labute approximate surface area is 615 Å². The van der Waals surface area contributed by atoms with E-state index in [0.29, 0.717) is 61.5 Å². The number of benzene rings is 15. The Morgan fingerprint density at radius 1 is 0.333 bits per heavy atom. The van der Waals surface area contributed by atoms with Crippen LogP contribution < -0.4 is 52.1 Å². The van der Waals surface area contributed by atoms with Gasteiger partial charge in [0.05, 0.1) is 62.4 Å². The molecule has 0 unspecified atom stereocenters. The molecule has 0 amide bonds. The summed E-state index contributed by atoms with van der Waals surface area (Å²) in [4.78, 5) is 4.02. The molecule has 2 aromatic heterocycles. The van der Waals surface area contributed by atoms with Crippen LogP contribution in [0.15, 0.2) is 321 Å². The number of hydrogen-bond acceptors (Lipinski definition) is 4. The molecule has 476 valence electrons. The summed E-state index contributed by atoms with van der Waals surface area (Å²) < 4.78 is 193. The van der Waals surface area contributed by atoms with Gasteiger partial charge in [-0.2, -0.15) is 0 Å². The second kappa shape index (κ2) is 21.4. The molecule has 102 heavy (non-hydrogen) atoms. The number of para-hydroxylation sites is 5. The lowest BCUT2D eigenvalue weighted by molar-refractivity contribution is 0.466. The van der Waals surface area contributed by atoms with Crippen LogP contribution in [0.2, 0.25) is 0 Å². The minimum atomic E-state index is -1.48. The van der Waals surface area contributed by atoms with E-state index >= 15 is 0 Å². The highest BCUT2D eigenvalue weighted by molar-refractivity contribution is 7.04. The fraction of sp³-hybridized carbons (Fsp3) is 0.0426. The standard InChI is InChI=1S/C94H62B2N4O2/c1-94(2,3)63-53-77-85-78(54-63)100(91-66(60-34-15-7-16-35-60)43-26-44-67(91)61-36-17-8-18-37-61)79-55-80-87-93(86(79)95(85)71-51-50-62(57-28-9-4-10-29-57)52-75(71)99(77)90-64(58-30-11-5-12-31-58)41-25-42-65(90)59-32-13-6-14-33-59)102-82-49-27-48-81-88(82)96(87)89-83(101-81)56-76(84-70-40-21-24-47-74(70)98(80)92(84)89)97-72-45-22-19-38-68(72)69-39-20-23-46-73(69)97/h4-56H,1-3H3/i4D,9D,10D,21D,24D,27D,28D,29D,40D,47D,48D,49D,50D,51D,52D,55D,56D. The summed E-state index contributed by atoms with van der Waals surface area (Å²) in [6, 6.07) is 61.0. The van der Waals surface area contributed by atoms with E-state index in [4.69, 9.17) is 10.8 Å². The summed E-state index contributed by atoms with van der Waals surface area (Å²) in [5.41, 5.74) is 9.31. The first-order valence-electron chi connectivity index (χ1n) is 42.7. The molecule has 0 aliphatic carbocycles. The van der Waals surface area contributed by atoms with Gasteiger partial charge >= 0.3 is 0 Å². The highest BCUT2D eigenvalue weighted by Gasteiger charge is 2.53. The first kappa shape index (κ1) is 42.9. The molecular formula is C94H62B2N4O2. The van der Waals surface area contributed by atoms with Gasteiger partial charge in [0.25, 0.3) is 13.4 Å². The predicted molar refractivity (Wildman–Crippen MR) is 426 cm³/mol. The van der Waals surface area contributed by atoms with Crippen LogP contribution in [-0.2, 0) is 5.41 Å². The molecule has 5 aliphatic rings. The van der Waals surface area contributed by atoms with Crippen molar-refractivity contribution in [1.82, 2.24) is 9.13 Å². The second-order valence-corrected chi connectivity index (χ2v) is 27.6. The highest BCUT2D eigenvalue weighted by Crippen LogP contribution is 2.56. The fourth-order valence-electron chi connectivity index (χ4n) is 16.9. The van der Waals surface area contributed by atoms with Crippen molar-refractivity contribution in [3.8, 4) is 90.0 Å². The number of hydrogen-bond donors (Lipinski definition) is 0. The van der Waals surface area contributed by atoms with E-state index in [0.717, 1.165) is 38.6 Å². The van der Waals surface area contributed by atoms with Crippen LogP contribution in [0.25, 0.3) is 111 Å². The molecule has 0 N–H and O–H groups in total. The van der Waals surface area contributed by atoms with Gasteiger partial charge in [-0.25, -0.2) is 0 Å². The predicted octanol–water partition coefficient (Wildman–Crippen LogP) is 20.6. The van der Waals surface area contributed by atoms with Crippen LogP contribution in [0.5, 0.6) is 23.0 Å². The van der Waals surface area contributed by atoms with Gasteiger partial charge in [0, 0.05) is 83.7 Å². The Balaban J connectivity index is 1.01. The highest BCUT2D eigenvalue weighted by atomic mass is 16.5. The van der Waals surface area contributed by atoms with E-state index in [1.54, 1.807) is 4.57 Å². The molecule has 0 spiro atoms. The number of nitrogens with zero attached hydrogens (tertiary/aromatic N) is 4. The zero-order chi connectivity index (χ0) is 82.0. The summed E-state index contributed by atoms with van der Waals surface area (Å²) >= 11 is 0. The normalized spacial score (nSPS) is 15.7. The minimum absolute atomic E-state index is 0.00797. The number of rotatable bonds is 8. The van der Waals surface area contributed by atoms with Crippen LogP contribution in [0, 0.1) is 0 Å². The zero-order valence-corrected chi connectivity index (χ0v) is 55.0. The monoisotopic (exact) mass is 1320 g/mol. The molecule has 0 atom stereocenters. The van der Waals surface area contributed by atoms with Gasteiger partial charge < -0.3 is 28.4 Å². The van der Waals surface area contributed by atoms with Crippen LogP contribution in [0.1, 0.15) is 49.6 Å². The maximum absolute atomic E-state index is 12.3. The molecule has 17 aromatic rings. The van der Waals surface area contributed by atoms with Gasteiger partial charge in [-0.1, -0.05) is 281 Å². The SMILES string of the molecule is [2H]c1c([2H])c([2H])c(-c2c([2H])c([2H])c3c(c2[2H])N(c2c(-c4ccccc4)cccc2-c2ccccc2)c2cc(C(C)(C)C)cc4c2B3c2c3c5c(c([2H])c2N4c2c(-c4ccccc4)cccc2-c2ccccc2)-n2c4c([2H])c([2H])c([2H])c([2H])c4c4c(-n6c7ccccc7c7ccccc76)c([2H])c6c(c42)B5c2c(c([2H])c([2H])c([2H])c2O6)O3)c([2H])c1[2H]. The molecule has 0 radical (unpaired) electrons. The molecule has 0 saturated carbocycles. The van der Waals surface area contributed by atoms with Crippen molar-refractivity contribution < 1.29 is 32.8 Å². The van der Waals surface area contributed by atoms with Crippen molar-refractivity contribution in [3.63, 3.8) is 0 Å². The van der Waals surface area contributed by atoms with Gasteiger partial charge in [0.15, 0.2) is 0 Å². The zero-order valence-electron chi connectivity index (χ0n) is 72.0. The van der Waals surface area contributed by atoms with Crippen LogP contribution in [0.3, 0.4) is 0 Å². The van der Waals surface area contributed by atoms with Crippen LogP contribution in [0.4, 0.5) is 34.1 Å². The molecule has 0 bridgehead atoms. The van der Waals surface area contributed by atoms with E-state index < -0.39 is 121 Å². The van der Waals surface area contributed by atoms with Gasteiger partial charge in [-0.3, -0.25) is 0 Å². The third kappa shape index (κ3) is 7.97. The third-order valence-corrected chi connectivity index (χ3v) is 21.2. The Hall–Kier alpha value is -12.8. The third-order valence-electron chi connectivity index (χ3n) is 21.2. The Bertz CT molecular complexity index is 7330. The van der Waals surface area contributed by atoms with Crippen molar-refractivity contribution in [1.29, 1.82) is 0 Å². The summed E-state index contributed by atoms with van der Waals surface area (Å²) in [7, 11) is 0. The number of aromatic nitrogens is 2. The minimum Gasteiger partial charge on any atom is -0.459 e. The molecular weight excluding hydrogens is 1240 g/mol. The quantitative estimate of drug-likeness (QED) is 0.142. The number of anilines is 6. The van der Waals surface area contributed by atoms with Crippen molar-refractivity contribution in [3.05, 3.63) is 327 Å². The molecule has 15 aromatic carbocycles. The smallest absolute Gasteiger partial charge is 0.266 e. The summed E-state index contributed by atoms with van der Waals surface area (Å²) in [5.74, 6) is -0.593. The molecule has 5 aliphatic heterocycles. The summed E-state index contributed by atoms with van der Waals surface area (Å²) in [6.45, 7) is 3.44. The average molecular weight is 1320 g/mol. The van der Waals surface area contributed by atoms with E-state index in [2.05, 4.69) is 37.8 Å². The molecule has 6 nitrogen and oxygen atoms in total. The fourth-order valence-corrected chi connectivity index (χ4v) is 16.9. The lowest BCUT2D eigenvalue weighted by Crippen LogP contribution is -2.66. The second-order valence-electron chi connectivity index (χ2n) is 27.6. The summed E-state index contributed by atoms with van der Waals surface area (Å²) in [6.07, 6.45) is 0. The molecule has 0 saturated heterocycles. The number of ether oxygens (including phenoxy) is 2. The molecule has 8 heteroatoms. The van der Waals surface area contributed by atoms with Crippen LogP contribution >= 0.6 is 0 Å². The van der Waals surface area contributed by atoms with E-state index in [1.165, 1.54) is 0 Å². The first-order valence-corrected chi connectivity index (χ1v) is 34.2. The van der Waals surface area contributed by atoms with E-state index in [9.17, 15) is 21.9 Å². The first-order chi connectivity index (χ1) is 57.4. The van der Waals surface area contributed by atoms with Crippen LogP contribution in [-0.4, -0.2) is 22.6 Å². The van der Waals surface area contributed by atoms with Gasteiger partial charge in [-0.05, 0) is 126 Å².